The number of aryl methyl sites for hydroxylation is 3. The molecule has 1 rings (SSSR count). The molecule has 0 atom stereocenters. The van der Waals surface area contributed by atoms with Gasteiger partial charge in [0.05, 0.1) is 0 Å². The molecule has 0 aliphatic heterocycles. The van der Waals surface area contributed by atoms with Crippen molar-refractivity contribution in [3.63, 3.8) is 0 Å². The molecule has 0 saturated carbocycles. The van der Waals surface area contributed by atoms with E-state index < -0.39 is 0 Å². The van der Waals surface area contributed by atoms with E-state index in [4.69, 9.17) is 4.98 Å². The Bertz CT molecular complexity index is 317. The van der Waals surface area contributed by atoms with Gasteiger partial charge in [0.2, 0.25) is 0 Å². The van der Waals surface area contributed by atoms with Crippen LogP contribution in [0.2, 0.25) is 0 Å². The van der Waals surface area contributed by atoms with E-state index in [0.29, 0.717) is 0 Å². The van der Waals surface area contributed by atoms with E-state index in [1.165, 1.54) is 61.9 Å². The maximum Gasteiger partial charge on any atom is 0.0407 e. The van der Waals surface area contributed by atoms with Crippen molar-refractivity contribution in [1.82, 2.24) is 4.98 Å². The molecule has 0 N–H and O–H groups in total. The van der Waals surface area contributed by atoms with Crippen LogP contribution in [-0.2, 0) is 12.8 Å². The highest BCUT2D eigenvalue weighted by atomic mass is 14.7. The van der Waals surface area contributed by atoms with Crippen molar-refractivity contribution in [1.29, 1.82) is 0 Å². The Morgan fingerprint density at radius 3 is 2.11 bits per heavy atom. The summed E-state index contributed by atoms with van der Waals surface area (Å²) in [5.74, 6) is 0. The summed E-state index contributed by atoms with van der Waals surface area (Å²) < 4.78 is 0. The van der Waals surface area contributed by atoms with Crippen molar-refractivity contribution in [3.05, 3.63) is 29.1 Å². The Hall–Kier alpha value is -0.850. The van der Waals surface area contributed by atoms with E-state index in [2.05, 4.69) is 32.9 Å². The van der Waals surface area contributed by atoms with Crippen molar-refractivity contribution in [2.24, 2.45) is 0 Å². The van der Waals surface area contributed by atoms with Crippen LogP contribution in [0.5, 0.6) is 0 Å². The molecule has 1 aromatic heterocycles. The molecule has 0 saturated heterocycles. The number of unbranched alkanes of at least 4 members (excludes halogenated alkanes) is 4. The smallest absolute Gasteiger partial charge is 0.0407 e. The first kappa shape index (κ1) is 18.1. The van der Waals surface area contributed by atoms with Crippen molar-refractivity contribution in [2.45, 2.75) is 86.0 Å². The first-order valence-corrected chi connectivity index (χ1v) is 8.23. The summed E-state index contributed by atoms with van der Waals surface area (Å²) >= 11 is 0. The van der Waals surface area contributed by atoms with Crippen molar-refractivity contribution < 1.29 is 0 Å². The van der Waals surface area contributed by atoms with Gasteiger partial charge in [-0.25, -0.2) is 0 Å². The number of aromatic nitrogens is 1. The molecule has 0 spiro atoms. The lowest BCUT2D eigenvalue weighted by atomic mass is 10.0. The number of hydrogen-bond acceptors (Lipinski definition) is 1. The SMILES string of the molecule is CC.CCCCCCc1ccc(CCCC)c(C)n1. The maximum atomic E-state index is 4.72. The highest BCUT2D eigenvalue weighted by Crippen LogP contribution is 2.12. The van der Waals surface area contributed by atoms with Crippen LogP contribution in [0.4, 0.5) is 0 Å². The summed E-state index contributed by atoms with van der Waals surface area (Å²) in [6, 6.07) is 4.51. The van der Waals surface area contributed by atoms with Crippen LogP contribution in [0, 0.1) is 6.92 Å². The molecule has 19 heavy (non-hydrogen) atoms. The molecule has 0 radical (unpaired) electrons. The average Bonchev–Trinajstić information content (AvgIpc) is 2.45. The molecule has 1 aromatic rings. The third-order valence-electron chi connectivity index (χ3n) is 3.34. The van der Waals surface area contributed by atoms with Crippen LogP contribution in [0.1, 0.15) is 83.2 Å². The normalized spacial score (nSPS) is 9.95. The van der Waals surface area contributed by atoms with Crippen LogP contribution in [0.3, 0.4) is 0 Å². The number of pyridine rings is 1. The van der Waals surface area contributed by atoms with Gasteiger partial charge in [-0.2, -0.15) is 0 Å². The van der Waals surface area contributed by atoms with Gasteiger partial charge < -0.3 is 0 Å². The maximum absolute atomic E-state index is 4.72. The zero-order valence-electron chi connectivity index (χ0n) is 13.8. The number of rotatable bonds is 8. The fourth-order valence-corrected chi connectivity index (χ4v) is 2.15. The molecule has 0 aliphatic rings. The Labute approximate surface area is 120 Å². The molecule has 1 heterocycles. The predicted octanol–water partition coefficient (Wildman–Crippen LogP) is 5.88. The monoisotopic (exact) mass is 263 g/mol. The Morgan fingerprint density at radius 1 is 0.842 bits per heavy atom. The van der Waals surface area contributed by atoms with Gasteiger partial charge in [-0.3, -0.25) is 4.98 Å². The molecular weight excluding hydrogens is 230 g/mol. The van der Waals surface area contributed by atoms with Gasteiger partial charge in [0, 0.05) is 11.4 Å². The summed E-state index contributed by atoms with van der Waals surface area (Å²) in [5.41, 5.74) is 3.95. The van der Waals surface area contributed by atoms with E-state index in [0.717, 1.165) is 6.42 Å². The van der Waals surface area contributed by atoms with Gasteiger partial charge >= 0.3 is 0 Å². The molecule has 1 nitrogen and oxygen atoms in total. The van der Waals surface area contributed by atoms with Gasteiger partial charge in [0.25, 0.3) is 0 Å². The van der Waals surface area contributed by atoms with Crippen LogP contribution in [0.15, 0.2) is 12.1 Å². The Kier molecular flexibility index (Phi) is 11.7. The standard InChI is InChI=1S/C16H27N.C2H6/c1-4-6-8-9-11-16-13-12-15(10-7-5-2)14(3)17-16;1-2/h12-13H,4-11H2,1-3H3;1-2H3. The molecule has 110 valence electrons. The minimum Gasteiger partial charge on any atom is -0.258 e. The van der Waals surface area contributed by atoms with Crippen LogP contribution in [0.25, 0.3) is 0 Å². The predicted molar refractivity (Wildman–Crippen MR) is 86.8 cm³/mol. The van der Waals surface area contributed by atoms with Gasteiger partial charge in [-0.1, -0.05) is 59.4 Å². The zero-order valence-corrected chi connectivity index (χ0v) is 13.8. The molecule has 0 unspecified atom stereocenters. The first-order chi connectivity index (χ1) is 9.27. The third-order valence-corrected chi connectivity index (χ3v) is 3.34. The highest BCUT2D eigenvalue weighted by Gasteiger charge is 2.01. The molecule has 0 fully saturated rings. The second-order valence-electron chi connectivity index (χ2n) is 4.96. The van der Waals surface area contributed by atoms with Crippen molar-refractivity contribution in [2.75, 3.05) is 0 Å². The number of nitrogens with zero attached hydrogens (tertiary/aromatic N) is 1. The molecule has 1 heteroatoms. The highest BCUT2D eigenvalue weighted by molar-refractivity contribution is 5.22. The van der Waals surface area contributed by atoms with Crippen LogP contribution >= 0.6 is 0 Å². The van der Waals surface area contributed by atoms with E-state index in [1.807, 2.05) is 13.8 Å². The largest absolute Gasteiger partial charge is 0.258 e. The fourth-order valence-electron chi connectivity index (χ4n) is 2.15. The lowest BCUT2D eigenvalue weighted by molar-refractivity contribution is 0.659. The van der Waals surface area contributed by atoms with Gasteiger partial charge in [-0.15, -0.1) is 0 Å². The summed E-state index contributed by atoms with van der Waals surface area (Å²) in [6.07, 6.45) is 10.2. The third kappa shape index (κ3) is 8.02. The van der Waals surface area contributed by atoms with E-state index in [9.17, 15) is 0 Å². The molecule has 0 aliphatic carbocycles. The minimum absolute atomic E-state index is 1.15. The lowest BCUT2D eigenvalue weighted by Crippen LogP contribution is -1.98. The summed E-state index contributed by atoms with van der Waals surface area (Å²) in [7, 11) is 0. The molecule has 0 amide bonds. The Morgan fingerprint density at radius 2 is 1.53 bits per heavy atom. The summed E-state index contributed by atoms with van der Waals surface area (Å²) in [5, 5.41) is 0. The minimum atomic E-state index is 1.15. The lowest BCUT2D eigenvalue weighted by Gasteiger charge is -2.07. The zero-order chi connectivity index (χ0) is 14.5. The average molecular weight is 263 g/mol. The second kappa shape index (κ2) is 12.2. The molecular formula is C18H33N. The topological polar surface area (TPSA) is 12.9 Å². The summed E-state index contributed by atoms with van der Waals surface area (Å²) in [6.45, 7) is 10.6. The quantitative estimate of drug-likeness (QED) is 0.533. The van der Waals surface area contributed by atoms with E-state index >= 15 is 0 Å². The van der Waals surface area contributed by atoms with Gasteiger partial charge in [0.1, 0.15) is 0 Å². The second-order valence-corrected chi connectivity index (χ2v) is 4.96. The van der Waals surface area contributed by atoms with E-state index in [-0.39, 0.29) is 0 Å². The summed E-state index contributed by atoms with van der Waals surface area (Å²) in [4.78, 5) is 4.72. The number of hydrogen-bond donors (Lipinski definition) is 0. The van der Waals surface area contributed by atoms with Crippen molar-refractivity contribution >= 4 is 0 Å². The van der Waals surface area contributed by atoms with Gasteiger partial charge in [0.15, 0.2) is 0 Å². The fraction of sp³-hybridized carbons (Fsp3) is 0.722. The van der Waals surface area contributed by atoms with Gasteiger partial charge in [-0.05, 0) is 44.2 Å². The van der Waals surface area contributed by atoms with Crippen LogP contribution in [-0.4, -0.2) is 4.98 Å². The van der Waals surface area contributed by atoms with Crippen molar-refractivity contribution in [3.8, 4) is 0 Å². The van der Waals surface area contributed by atoms with E-state index in [1.54, 1.807) is 0 Å². The molecule has 0 bridgehead atoms. The molecule has 0 aromatic carbocycles. The van der Waals surface area contributed by atoms with Crippen LogP contribution < -0.4 is 0 Å². The first-order valence-electron chi connectivity index (χ1n) is 8.23. The Balaban J connectivity index is 0.00000154.